The van der Waals surface area contributed by atoms with E-state index < -0.39 is 41.4 Å². The van der Waals surface area contributed by atoms with Crippen molar-refractivity contribution in [3.05, 3.63) is 11.6 Å². The first-order valence-electron chi connectivity index (χ1n) is 13.7. The van der Waals surface area contributed by atoms with Gasteiger partial charge in [-0.25, -0.2) is 0 Å². The molecule has 4 aliphatic rings. The monoisotopic (exact) mass is 502 g/mol. The largest absolute Gasteiger partial charge is 0.457 e. The van der Waals surface area contributed by atoms with E-state index in [1.807, 2.05) is 13.0 Å². The van der Waals surface area contributed by atoms with Gasteiger partial charge in [0.15, 0.2) is 18.0 Å². The Balaban J connectivity index is 1.72. The first-order chi connectivity index (χ1) is 16.8. The van der Waals surface area contributed by atoms with Crippen LogP contribution < -0.4 is 0 Å². The van der Waals surface area contributed by atoms with E-state index in [-0.39, 0.29) is 47.2 Å². The zero-order valence-corrected chi connectivity index (χ0v) is 22.6. The molecule has 3 saturated carbocycles. The smallest absolute Gasteiger partial charge is 0.308 e. The van der Waals surface area contributed by atoms with Crippen LogP contribution in [0.2, 0.25) is 0 Å². The van der Waals surface area contributed by atoms with Crippen LogP contribution in [0.5, 0.6) is 0 Å². The lowest BCUT2D eigenvalue weighted by Gasteiger charge is -2.62. The molecule has 4 rings (SSSR count). The number of hydrogen-bond donors (Lipinski definition) is 1. The first kappa shape index (κ1) is 27.0. The minimum absolute atomic E-state index is 0.0160. The molecular formula is C29H42O7. The highest BCUT2D eigenvalue weighted by Crippen LogP contribution is 2.69. The Morgan fingerprint density at radius 3 is 2.53 bits per heavy atom. The highest BCUT2D eigenvalue weighted by Gasteiger charge is 2.71. The van der Waals surface area contributed by atoms with Gasteiger partial charge in [-0.3, -0.25) is 19.2 Å². The highest BCUT2D eigenvalue weighted by molar-refractivity contribution is 5.93. The number of carbonyl (C=O) groups excluding carboxylic acids is 4. The molecule has 0 aliphatic heterocycles. The maximum atomic E-state index is 13.8. The van der Waals surface area contributed by atoms with Crippen LogP contribution in [0, 0.1) is 40.4 Å². The number of aliphatic hydroxyl groups is 1. The van der Waals surface area contributed by atoms with Gasteiger partial charge in [0.05, 0.1) is 12.0 Å². The fourth-order valence-corrected chi connectivity index (χ4v) is 8.48. The van der Waals surface area contributed by atoms with Crippen molar-refractivity contribution >= 4 is 23.5 Å². The molecular weight excluding hydrogens is 460 g/mol. The Hall–Kier alpha value is -2.02. The van der Waals surface area contributed by atoms with Crippen molar-refractivity contribution in [1.82, 2.24) is 0 Å². The summed E-state index contributed by atoms with van der Waals surface area (Å²) in [6.07, 6.45) is 4.68. The Morgan fingerprint density at radius 2 is 1.89 bits per heavy atom. The van der Waals surface area contributed by atoms with Gasteiger partial charge in [-0.1, -0.05) is 47.1 Å². The Kier molecular flexibility index (Phi) is 7.04. The molecule has 0 aromatic heterocycles. The van der Waals surface area contributed by atoms with Crippen LogP contribution in [0.1, 0.15) is 86.5 Å². The van der Waals surface area contributed by atoms with Crippen LogP contribution in [-0.4, -0.2) is 46.9 Å². The Labute approximate surface area is 214 Å². The standard InChI is InChI=1S/C29H42O7/c1-7-24(33)36-29(23(32)15-35-26(34)16(2)3)11-9-20-19-12-17(4)21-13-18(30)8-10-27(21,5)25(19)22(31)14-28(20,29)6/h13,16-17,19-20,22,25,31H,7-12,14-15H2,1-6H3/t17?,19-,20-,22?,25+,27-,28-,29-/m0/s1. The van der Waals surface area contributed by atoms with Gasteiger partial charge in [-0.05, 0) is 67.3 Å². The van der Waals surface area contributed by atoms with Crippen molar-refractivity contribution in [2.45, 2.75) is 98.2 Å². The summed E-state index contributed by atoms with van der Waals surface area (Å²) in [6.45, 7) is 11.0. The van der Waals surface area contributed by atoms with Gasteiger partial charge < -0.3 is 14.6 Å². The Bertz CT molecular complexity index is 982. The lowest BCUT2D eigenvalue weighted by Crippen LogP contribution is -2.64. The van der Waals surface area contributed by atoms with E-state index in [1.54, 1.807) is 20.8 Å². The van der Waals surface area contributed by atoms with Gasteiger partial charge in [0.2, 0.25) is 5.78 Å². The lowest BCUT2D eigenvalue weighted by atomic mass is 9.44. The molecule has 1 N–H and O–H groups in total. The van der Waals surface area contributed by atoms with E-state index >= 15 is 0 Å². The minimum Gasteiger partial charge on any atom is -0.457 e. The molecule has 0 aromatic rings. The summed E-state index contributed by atoms with van der Waals surface area (Å²) >= 11 is 0. The summed E-state index contributed by atoms with van der Waals surface area (Å²) in [5, 5.41) is 11.7. The number of hydrogen-bond acceptors (Lipinski definition) is 7. The molecule has 0 bridgehead atoms. The van der Waals surface area contributed by atoms with Gasteiger partial charge in [0, 0.05) is 18.3 Å². The van der Waals surface area contributed by atoms with Crippen molar-refractivity contribution in [3.63, 3.8) is 0 Å². The Morgan fingerprint density at radius 1 is 1.19 bits per heavy atom. The summed E-state index contributed by atoms with van der Waals surface area (Å²) in [4.78, 5) is 50.8. The predicted molar refractivity (Wildman–Crippen MR) is 133 cm³/mol. The van der Waals surface area contributed by atoms with E-state index in [2.05, 4.69) is 13.8 Å². The highest BCUT2D eigenvalue weighted by atomic mass is 16.6. The van der Waals surface area contributed by atoms with Crippen LogP contribution in [0.3, 0.4) is 0 Å². The summed E-state index contributed by atoms with van der Waals surface area (Å²) in [5.41, 5.74) is -1.32. The lowest BCUT2D eigenvalue weighted by molar-refractivity contribution is -0.204. The third-order valence-corrected chi connectivity index (χ3v) is 10.2. The molecule has 0 heterocycles. The van der Waals surface area contributed by atoms with Gasteiger partial charge in [0.25, 0.3) is 0 Å². The number of aliphatic hydroxyl groups excluding tert-OH is 1. The SMILES string of the molecule is CCC(=O)O[C@]1(C(=O)COC(=O)C(C)C)CC[C@H]2[C@@H]3CC(C)C4=CC(=O)CC[C@]4(C)[C@H]3C(O)C[C@@]21C. The molecule has 0 radical (unpaired) electrons. The summed E-state index contributed by atoms with van der Waals surface area (Å²) < 4.78 is 11.3. The van der Waals surface area contributed by atoms with E-state index in [9.17, 15) is 24.3 Å². The first-order valence-corrected chi connectivity index (χ1v) is 13.7. The molecule has 200 valence electrons. The van der Waals surface area contributed by atoms with Crippen molar-refractivity contribution in [2.75, 3.05) is 6.61 Å². The van der Waals surface area contributed by atoms with E-state index in [0.29, 0.717) is 25.7 Å². The van der Waals surface area contributed by atoms with Crippen LogP contribution in [0.15, 0.2) is 11.6 Å². The number of allylic oxidation sites excluding steroid dienone is 1. The molecule has 7 heteroatoms. The maximum absolute atomic E-state index is 13.8. The van der Waals surface area contributed by atoms with Crippen LogP contribution in [0.4, 0.5) is 0 Å². The molecule has 8 atom stereocenters. The number of Topliss-reactive ketones (excluding diaryl/α,β-unsaturated/α-hetero) is 1. The fourth-order valence-electron chi connectivity index (χ4n) is 8.48. The number of carbonyl (C=O) groups is 4. The number of esters is 2. The normalized spacial score (nSPS) is 41.6. The summed E-state index contributed by atoms with van der Waals surface area (Å²) in [6, 6.07) is 0. The molecule has 0 amide bonds. The fraction of sp³-hybridized carbons (Fsp3) is 0.793. The van der Waals surface area contributed by atoms with Gasteiger partial charge in [-0.15, -0.1) is 0 Å². The molecule has 2 unspecified atom stereocenters. The second kappa shape index (κ2) is 9.38. The van der Waals surface area contributed by atoms with Gasteiger partial charge in [0.1, 0.15) is 0 Å². The number of ketones is 2. The molecule has 0 aromatic carbocycles. The molecule has 3 fully saturated rings. The molecule has 4 aliphatic carbocycles. The zero-order valence-electron chi connectivity index (χ0n) is 22.6. The second-order valence-electron chi connectivity index (χ2n) is 12.5. The van der Waals surface area contributed by atoms with Crippen LogP contribution >= 0.6 is 0 Å². The molecule has 0 saturated heterocycles. The quantitative estimate of drug-likeness (QED) is 0.543. The van der Waals surface area contributed by atoms with Crippen molar-refractivity contribution in [2.24, 2.45) is 40.4 Å². The zero-order chi connectivity index (χ0) is 26.6. The second-order valence-corrected chi connectivity index (χ2v) is 12.5. The maximum Gasteiger partial charge on any atom is 0.308 e. The predicted octanol–water partition coefficient (Wildman–Crippen LogP) is 4.20. The molecule has 7 nitrogen and oxygen atoms in total. The van der Waals surface area contributed by atoms with E-state index in [4.69, 9.17) is 9.47 Å². The minimum atomic E-state index is -1.43. The van der Waals surface area contributed by atoms with Crippen LogP contribution in [0.25, 0.3) is 0 Å². The third-order valence-electron chi connectivity index (χ3n) is 10.2. The van der Waals surface area contributed by atoms with Crippen molar-refractivity contribution in [1.29, 1.82) is 0 Å². The average Bonchev–Trinajstić information content (AvgIpc) is 3.10. The van der Waals surface area contributed by atoms with E-state index in [0.717, 1.165) is 18.4 Å². The van der Waals surface area contributed by atoms with Gasteiger partial charge in [-0.2, -0.15) is 0 Å². The average molecular weight is 503 g/mol. The molecule has 0 spiro atoms. The van der Waals surface area contributed by atoms with E-state index in [1.165, 1.54) is 0 Å². The topological polar surface area (TPSA) is 107 Å². The summed E-state index contributed by atoms with van der Waals surface area (Å²) in [7, 11) is 0. The number of fused-ring (bicyclic) bond motifs is 5. The van der Waals surface area contributed by atoms with Crippen LogP contribution in [-0.2, 0) is 28.7 Å². The third kappa shape index (κ3) is 3.97. The number of ether oxygens (including phenoxy) is 2. The van der Waals surface area contributed by atoms with Gasteiger partial charge >= 0.3 is 11.9 Å². The summed E-state index contributed by atoms with van der Waals surface area (Å²) in [5.74, 6) is -1.14. The number of rotatable bonds is 6. The van der Waals surface area contributed by atoms with Crippen molar-refractivity contribution < 1.29 is 33.8 Å². The molecule has 36 heavy (non-hydrogen) atoms. The van der Waals surface area contributed by atoms with Crippen molar-refractivity contribution in [3.8, 4) is 0 Å².